The molecule has 4 rings (SSSR count). The molecule has 0 radical (unpaired) electrons. The predicted octanol–water partition coefficient (Wildman–Crippen LogP) is 4.44. The molecule has 4 fully saturated rings. The summed E-state index contributed by atoms with van der Waals surface area (Å²) in [7, 11) is 0. The van der Waals surface area contributed by atoms with Crippen LogP contribution in [0, 0.1) is 45.3 Å². The topological polar surface area (TPSA) is 101 Å². The summed E-state index contributed by atoms with van der Waals surface area (Å²) in [6.07, 6.45) is 3.52. The molecule has 0 saturated heterocycles. The van der Waals surface area contributed by atoms with Crippen molar-refractivity contribution in [2.45, 2.75) is 130 Å². The monoisotopic (exact) mass is 492 g/mol. The number of fused-ring (bicyclic) bond motifs is 5. The van der Waals surface area contributed by atoms with Crippen molar-refractivity contribution in [3.05, 3.63) is 12.2 Å². The van der Waals surface area contributed by atoms with E-state index in [2.05, 4.69) is 41.2 Å². The fraction of sp³-hybridized carbons (Fsp3) is 0.933. The molecule has 0 aromatic heterocycles. The maximum absolute atomic E-state index is 11.8. The molecule has 5 heteroatoms. The van der Waals surface area contributed by atoms with Gasteiger partial charge in [-0.3, -0.25) is 0 Å². The molecular formula is C30H52O5. The minimum atomic E-state index is -0.972. The van der Waals surface area contributed by atoms with Gasteiger partial charge in [0.05, 0.1) is 30.0 Å². The molecule has 4 saturated carbocycles. The molecule has 0 heterocycles. The van der Waals surface area contributed by atoms with E-state index in [-0.39, 0.29) is 45.3 Å². The maximum Gasteiger partial charge on any atom is 0.0745 e. The maximum atomic E-state index is 11.8. The summed E-state index contributed by atoms with van der Waals surface area (Å²) in [6, 6.07) is 0. The van der Waals surface area contributed by atoms with Crippen LogP contribution in [-0.2, 0) is 0 Å². The van der Waals surface area contributed by atoms with Gasteiger partial charge in [0.25, 0.3) is 0 Å². The van der Waals surface area contributed by atoms with E-state index in [4.69, 9.17) is 0 Å². The van der Waals surface area contributed by atoms with Crippen LogP contribution in [-0.4, -0.2) is 55.5 Å². The highest BCUT2D eigenvalue weighted by atomic mass is 16.3. The largest absolute Gasteiger partial charge is 0.393 e. The van der Waals surface area contributed by atoms with Crippen LogP contribution in [0.3, 0.4) is 0 Å². The van der Waals surface area contributed by atoms with Crippen LogP contribution in [0.15, 0.2) is 12.2 Å². The lowest BCUT2D eigenvalue weighted by atomic mass is 9.34. The van der Waals surface area contributed by atoms with Crippen molar-refractivity contribution in [3.8, 4) is 0 Å². The Kier molecular flexibility index (Phi) is 6.72. The summed E-state index contributed by atoms with van der Waals surface area (Å²) in [5.74, 6) is 0.307. The molecule has 0 aromatic rings. The summed E-state index contributed by atoms with van der Waals surface area (Å²) in [5, 5.41) is 56.0. The lowest BCUT2D eigenvalue weighted by molar-refractivity contribution is -0.274. The van der Waals surface area contributed by atoms with Gasteiger partial charge in [-0.1, -0.05) is 46.8 Å². The summed E-state index contributed by atoms with van der Waals surface area (Å²) < 4.78 is 0. The zero-order valence-electron chi connectivity index (χ0n) is 23.2. The summed E-state index contributed by atoms with van der Waals surface area (Å²) >= 11 is 0. The molecule has 0 amide bonds. The van der Waals surface area contributed by atoms with Gasteiger partial charge in [0.15, 0.2) is 0 Å². The molecule has 5 nitrogen and oxygen atoms in total. The highest BCUT2D eigenvalue weighted by Crippen LogP contribution is 2.75. The zero-order chi connectivity index (χ0) is 26.4. The van der Waals surface area contributed by atoms with E-state index in [9.17, 15) is 25.5 Å². The van der Waals surface area contributed by atoms with Crippen LogP contribution >= 0.6 is 0 Å². The summed E-state index contributed by atoms with van der Waals surface area (Å²) in [4.78, 5) is 0. The Balaban J connectivity index is 1.67. The first kappa shape index (κ1) is 27.6. The number of aliphatic hydroxyl groups is 5. The molecule has 0 spiro atoms. The van der Waals surface area contributed by atoms with Gasteiger partial charge in [0.2, 0.25) is 0 Å². The van der Waals surface area contributed by atoms with Crippen LogP contribution in [0.25, 0.3) is 0 Å². The molecular weight excluding hydrogens is 440 g/mol. The summed E-state index contributed by atoms with van der Waals surface area (Å²) in [5.41, 5.74) is -1.11. The Morgan fingerprint density at radius 1 is 0.943 bits per heavy atom. The van der Waals surface area contributed by atoms with E-state index in [0.29, 0.717) is 31.3 Å². The van der Waals surface area contributed by atoms with E-state index >= 15 is 0 Å². The van der Waals surface area contributed by atoms with Crippen LogP contribution < -0.4 is 0 Å². The quantitative estimate of drug-likeness (QED) is 0.365. The van der Waals surface area contributed by atoms with Crippen molar-refractivity contribution in [1.82, 2.24) is 0 Å². The van der Waals surface area contributed by atoms with Crippen molar-refractivity contribution >= 4 is 0 Å². The van der Waals surface area contributed by atoms with E-state index in [0.717, 1.165) is 25.7 Å². The second kappa shape index (κ2) is 8.53. The van der Waals surface area contributed by atoms with Gasteiger partial charge >= 0.3 is 0 Å². The highest BCUT2D eigenvalue weighted by molar-refractivity contribution is 5.21. The summed E-state index contributed by atoms with van der Waals surface area (Å²) in [6.45, 7) is 18.8. The van der Waals surface area contributed by atoms with E-state index < -0.39 is 30.0 Å². The molecule has 5 N–H and O–H groups in total. The lowest BCUT2D eigenvalue weighted by Gasteiger charge is -2.71. The van der Waals surface area contributed by atoms with Gasteiger partial charge in [0.1, 0.15) is 0 Å². The number of rotatable bonds is 5. The minimum absolute atomic E-state index is 0.0137. The number of aliphatic hydroxyl groups excluding tert-OH is 4. The Morgan fingerprint density at radius 3 is 2.14 bits per heavy atom. The highest BCUT2D eigenvalue weighted by Gasteiger charge is 2.72. The van der Waals surface area contributed by atoms with Crippen LogP contribution in [0.5, 0.6) is 0 Å². The Hall–Kier alpha value is -0.460. The lowest BCUT2D eigenvalue weighted by Crippen LogP contribution is -2.69. The molecule has 4 aliphatic carbocycles. The first-order valence-corrected chi connectivity index (χ1v) is 14.0. The Morgan fingerprint density at radius 2 is 1.54 bits per heavy atom. The molecule has 0 unspecified atom stereocenters. The molecule has 202 valence electrons. The molecule has 12 atom stereocenters. The second-order valence-electron chi connectivity index (χ2n) is 14.7. The Labute approximate surface area is 213 Å². The van der Waals surface area contributed by atoms with Crippen molar-refractivity contribution < 1.29 is 25.5 Å². The average molecular weight is 493 g/mol. The van der Waals surface area contributed by atoms with Crippen LogP contribution in [0.1, 0.15) is 99.8 Å². The van der Waals surface area contributed by atoms with Crippen molar-refractivity contribution in [2.75, 3.05) is 0 Å². The van der Waals surface area contributed by atoms with Gasteiger partial charge < -0.3 is 25.5 Å². The van der Waals surface area contributed by atoms with Crippen LogP contribution in [0.4, 0.5) is 0 Å². The molecule has 4 aliphatic rings. The Bertz CT molecular complexity index is 837. The fourth-order valence-electron chi connectivity index (χ4n) is 10.2. The van der Waals surface area contributed by atoms with Crippen LogP contribution in [0.2, 0.25) is 0 Å². The second-order valence-corrected chi connectivity index (χ2v) is 14.7. The fourth-order valence-corrected chi connectivity index (χ4v) is 10.2. The number of hydrogen-bond donors (Lipinski definition) is 5. The third-order valence-electron chi connectivity index (χ3n) is 12.8. The predicted molar refractivity (Wildman–Crippen MR) is 138 cm³/mol. The SMILES string of the molecule is C=C(C)[C@@H](O)CC[C@](C)(O)[C@H]1CC[C@]2(C)[C@@H]1[C@H](O)C[C@@H]1[C@@]3(C)[C@H](O)C[C@@H](O)C(C)(C)[C@@H]3CC[C@]12C. The third-order valence-corrected chi connectivity index (χ3v) is 12.8. The van der Waals surface area contributed by atoms with Gasteiger partial charge in [-0.15, -0.1) is 0 Å². The van der Waals surface area contributed by atoms with Gasteiger partial charge in [-0.2, -0.15) is 0 Å². The van der Waals surface area contributed by atoms with E-state index in [1.54, 1.807) is 0 Å². The number of hydrogen-bond acceptors (Lipinski definition) is 5. The van der Waals surface area contributed by atoms with Gasteiger partial charge in [-0.25, -0.2) is 0 Å². The molecule has 0 bridgehead atoms. The third kappa shape index (κ3) is 3.73. The van der Waals surface area contributed by atoms with Crippen molar-refractivity contribution in [3.63, 3.8) is 0 Å². The minimum Gasteiger partial charge on any atom is -0.393 e. The van der Waals surface area contributed by atoms with Gasteiger partial charge in [-0.05, 0) is 98.7 Å². The first-order valence-electron chi connectivity index (χ1n) is 14.0. The normalized spacial score (nSPS) is 51.5. The smallest absolute Gasteiger partial charge is 0.0745 e. The van der Waals surface area contributed by atoms with E-state index in [1.807, 2.05) is 13.8 Å². The first-order chi connectivity index (χ1) is 15.9. The standard InChI is InChI=1S/C30H52O5/c1-17(2)19(31)10-14-29(7,35)18-9-12-28(6)25(18)20(32)15-22-27(28,5)13-11-21-26(3,4)23(33)16-24(34)30(21,22)8/h18-25,31-35H,1,9-16H2,2-8H3/t18-,19-,20+,21-,22-,23+,24+,25-,27+,28+,29-,30-/m0/s1. The van der Waals surface area contributed by atoms with Gasteiger partial charge in [0, 0.05) is 11.8 Å². The molecule has 35 heavy (non-hydrogen) atoms. The van der Waals surface area contributed by atoms with Crippen molar-refractivity contribution in [2.24, 2.45) is 45.3 Å². The molecule has 0 aromatic carbocycles. The average Bonchev–Trinajstić information content (AvgIpc) is 3.13. The van der Waals surface area contributed by atoms with Crippen molar-refractivity contribution in [1.29, 1.82) is 0 Å². The molecule has 0 aliphatic heterocycles. The van der Waals surface area contributed by atoms with E-state index in [1.165, 1.54) is 0 Å². The zero-order valence-corrected chi connectivity index (χ0v) is 23.2.